The Hall–Kier alpha value is -1.22. The first-order valence-electron chi connectivity index (χ1n) is 11.0. The molecule has 0 bridgehead atoms. The smallest absolute Gasteiger partial charge is 0.324 e. The molecule has 1 heterocycles. The summed E-state index contributed by atoms with van der Waals surface area (Å²) in [6, 6.07) is -0.340. The molecule has 2 fully saturated rings. The van der Waals surface area contributed by atoms with Gasteiger partial charge >= 0.3 is 6.03 Å². The molecule has 0 unspecified atom stereocenters. The summed E-state index contributed by atoms with van der Waals surface area (Å²) in [4.78, 5) is 29.3. The van der Waals surface area contributed by atoms with Crippen LogP contribution in [0.3, 0.4) is 0 Å². The fourth-order valence-electron chi connectivity index (χ4n) is 4.69. The van der Waals surface area contributed by atoms with E-state index in [0.29, 0.717) is 32.2 Å². The molecular weight excluding hydrogens is 372 g/mol. The van der Waals surface area contributed by atoms with E-state index < -0.39 is 5.79 Å². The molecule has 0 aromatic carbocycles. The van der Waals surface area contributed by atoms with E-state index in [1.165, 1.54) is 4.90 Å². The summed E-state index contributed by atoms with van der Waals surface area (Å²) in [7, 11) is 5.77. The Bertz CT molecular complexity index is 537. The summed E-state index contributed by atoms with van der Waals surface area (Å²) >= 11 is 0. The lowest BCUT2D eigenvalue weighted by atomic mass is 9.79. The molecule has 8 heteroatoms. The van der Waals surface area contributed by atoms with Crippen LogP contribution in [0.5, 0.6) is 0 Å². The van der Waals surface area contributed by atoms with E-state index in [-0.39, 0.29) is 23.9 Å². The highest BCUT2D eigenvalue weighted by molar-refractivity contribution is 5.95. The number of hydrogen-bond donors (Lipinski definition) is 2. The van der Waals surface area contributed by atoms with Crippen molar-refractivity contribution in [2.24, 2.45) is 11.8 Å². The van der Waals surface area contributed by atoms with Crippen molar-refractivity contribution in [2.75, 3.05) is 54.0 Å². The Morgan fingerprint density at radius 3 is 2.52 bits per heavy atom. The van der Waals surface area contributed by atoms with Crippen molar-refractivity contribution in [3.8, 4) is 0 Å². The molecule has 1 spiro atoms. The van der Waals surface area contributed by atoms with Gasteiger partial charge in [-0.05, 0) is 53.8 Å². The van der Waals surface area contributed by atoms with E-state index in [4.69, 9.17) is 9.47 Å². The molecule has 168 valence electrons. The molecule has 1 saturated heterocycles. The molecule has 3 atom stereocenters. The van der Waals surface area contributed by atoms with Gasteiger partial charge in [0.05, 0.1) is 19.1 Å². The minimum absolute atomic E-state index is 0.0306. The van der Waals surface area contributed by atoms with Gasteiger partial charge in [0, 0.05) is 38.5 Å². The Morgan fingerprint density at radius 1 is 1.24 bits per heavy atom. The van der Waals surface area contributed by atoms with Gasteiger partial charge in [0.25, 0.3) is 0 Å². The lowest BCUT2D eigenvalue weighted by Crippen LogP contribution is -2.51. The minimum Gasteiger partial charge on any atom is -0.348 e. The second-order valence-electron chi connectivity index (χ2n) is 8.76. The highest BCUT2D eigenvalue weighted by Crippen LogP contribution is 2.41. The standard InChI is InChI=1S/C21H40N4O4/c1-6-25(20(27)23-16(2)15-24(4)5)19(26)18(14-22-3)12-17-8-7-9-21(13-17)28-10-11-29-21/h16-18,22H,6-15H2,1-5H3,(H,23,27)/t16-,17+,18+/m0/s1. The molecule has 8 nitrogen and oxygen atoms in total. The summed E-state index contributed by atoms with van der Waals surface area (Å²) in [5, 5.41) is 6.08. The number of ether oxygens (including phenoxy) is 2. The average Bonchev–Trinajstić information content (AvgIpc) is 3.08. The van der Waals surface area contributed by atoms with Gasteiger partial charge in [-0.25, -0.2) is 4.79 Å². The predicted octanol–water partition coefficient (Wildman–Crippen LogP) is 1.65. The van der Waals surface area contributed by atoms with Crippen molar-refractivity contribution in [2.45, 2.75) is 57.8 Å². The summed E-state index contributed by atoms with van der Waals surface area (Å²) in [5.41, 5.74) is 0. The zero-order chi connectivity index (χ0) is 21.4. The van der Waals surface area contributed by atoms with Crippen molar-refractivity contribution in [3.63, 3.8) is 0 Å². The maximum atomic E-state index is 13.2. The van der Waals surface area contributed by atoms with Crippen LogP contribution in [0.4, 0.5) is 4.79 Å². The number of rotatable bonds is 9. The largest absolute Gasteiger partial charge is 0.348 e. The summed E-state index contributed by atoms with van der Waals surface area (Å²) in [6.45, 7) is 6.74. The van der Waals surface area contributed by atoms with Crippen LogP contribution >= 0.6 is 0 Å². The van der Waals surface area contributed by atoms with Crippen LogP contribution in [0.1, 0.15) is 46.0 Å². The minimum atomic E-state index is -0.445. The number of carbonyl (C=O) groups is 2. The number of likely N-dealkylation sites (N-methyl/N-ethyl adjacent to an activating group) is 1. The molecule has 29 heavy (non-hydrogen) atoms. The zero-order valence-corrected chi connectivity index (χ0v) is 18.8. The maximum absolute atomic E-state index is 13.2. The van der Waals surface area contributed by atoms with Crippen molar-refractivity contribution < 1.29 is 19.1 Å². The highest BCUT2D eigenvalue weighted by Gasteiger charge is 2.42. The first-order chi connectivity index (χ1) is 13.8. The predicted molar refractivity (Wildman–Crippen MR) is 113 cm³/mol. The molecule has 1 aliphatic carbocycles. The highest BCUT2D eigenvalue weighted by atomic mass is 16.7. The van der Waals surface area contributed by atoms with Crippen LogP contribution in [0.15, 0.2) is 0 Å². The summed E-state index contributed by atoms with van der Waals surface area (Å²) < 4.78 is 11.8. The van der Waals surface area contributed by atoms with Crippen LogP contribution in [0, 0.1) is 11.8 Å². The number of imide groups is 1. The number of nitrogens with zero attached hydrogens (tertiary/aromatic N) is 2. The van der Waals surface area contributed by atoms with Crippen molar-refractivity contribution >= 4 is 11.9 Å². The van der Waals surface area contributed by atoms with Gasteiger partial charge in [-0.15, -0.1) is 0 Å². The number of hydrogen-bond acceptors (Lipinski definition) is 6. The van der Waals surface area contributed by atoms with Gasteiger partial charge in [-0.1, -0.05) is 6.42 Å². The second-order valence-corrected chi connectivity index (χ2v) is 8.76. The van der Waals surface area contributed by atoms with E-state index in [1.54, 1.807) is 0 Å². The van der Waals surface area contributed by atoms with Crippen molar-refractivity contribution in [3.05, 3.63) is 0 Å². The third-order valence-corrected chi connectivity index (χ3v) is 5.84. The first kappa shape index (κ1) is 24.1. The Kier molecular flexibility index (Phi) is 9.33. The fourth-order valence-corrected chi connectivity index (χ4v) is 4.69. The summed E-state index contributed by atoms with van der Waals surface area (Å²) in [6.07, 6.45) is 4.62. The van der Waals surface area contributed by atoms with E-state index in [0.717, 1.165) is 38.6 Å². The lowest BCUT2D eigenvalue weighted by molar-refractivity contribution is -0.188. The molecule has 1 aliphatic heterocycles. The SMILES string of the molecule is CCN(C(=O)N[C@@H](C)CN(C)C)C(=O)[C@@H](CNC)C[C@H]1CCCC2(C1)OCCO2. The normalized spacial score (nSPS) is 23.2. The van der Waals surface area contributed by atoms with Crippen LogP contribution < -0.4 is 10.6 Å². The second kappa shape index (κ2) is 11.2. The van der Waals surface area contributed by atoms with Gasteiger partial charge in [-0.2, -0.15) is 0 Å². The number of amides is 3. The molecule has 0 aromatic heterocycles. The molecule has 2 N–H and O–H groups in total. The van der Waals surface area contributed by atoms with E-state index in [9.17, 15) is 9.59 Å². The van der Waals surface area contributed by atoms with Crippen LogP contribution in [-0.4, -0.2) is 87.6 Å². The van der Waals surface area contributed by atoms with Crippen molar-refractivity contribution in [1.29, 1.82) is 0 Å². The number of carbonyl (C=O) groups excluding carboxylic acids is 2. The Morgan fingerprint density at radius 2 is 1.93 bits per heavy atom. The van der Waals surface area contributed by atoms with E-state index in [1.807, 2.05) is 39.9 Å². The van der Waals surface area contributed by atoms with Gasteiger partial charge in [0.1, 0.15) is 0 Å². The van der Waals surface area contributed by atoms with Gasteiger partial charge in [0.2, 0.25) is 5.91 Å². The average molecular weight is 413 g/mol. The summed E-state index contributed by atoms with van der Waals surface area (Å²) in [5.74, 6) is -0.432. The molecule has 0 radical (unpaired) electrons. The van der Waals surface area contributed by atoms with Gasteiger partial charge in [0.15, 0.2) is 5.79 Å². The quantitative estimate of drug-likeness (QED) is 0.599. The Labute approximate surface area is 175 Å². The van der Waals surface area contributed by atoms with E-state index >= 15 is 0 Å². The topological polar surface area (TPSA) is 83.1 Å². The zero-order valence-electron chi connectivity index (χ0n) is 18.8. The van der Waals surface area contributed by atoms with Gasteiger partial charge < -0.3 is 25.0 Å². The maximum Gasteiger partial charge on any atom is 0.324 e. The first-order valence-corrected chi connectivity index (χ1v) is 11.0. The molecule has 3 amide bonds. The van der Waals surface area contributed by atoms with Crippen LogP contribution in [-0.2, 0) is 14.3 Å². The van der Waals surface area contributed by atoms with E-state index in [2.05, 4.69) is 10.6 Å². The molecule has 2 rings (SSSR count). The molecule has 0 aromatic rings. The number of nitrogens with one attached hydrogen (secondary N) is 2. The molecule has 1 saturated carbocycles. The van der Waals surface area contributed by atoms with Crippen LogP contribution in [0.25, 0.3) is 0 Å². The fraction of sp³-hybridized carbons (Fsp3) is 0.905. The number of urea groups is 1. The monoisotopic (exact) mass is 412 g/mol. The molecule has 2 aliphatic rings. The lowest BCUT2D eigenvalue weighted by Gasteiger charge is -2.37. The third-order valence-electron chi connectivity index (χ3n) is 5.84. The van der Waals surface area contributed by atoms with Crippen molar-refractivity contribution in [1.82, 2.24) is 20.4 Å². The molecular formula is C21H40N4O4. The third kappa shape index (κ3) is 6.91. The van der Waals surface area contributed by atoms with Crippen LogP contribution in [0.2, 0.25) is 0 Å². The van der Waals surface area contributed by atoms with Gasteiger partial charge in [-0.3, -0.25) is 9.69 Å². The Balaban J connectivity index is 1.99.